The van der Waals surface area contributed by atoms with Gasteiger partial charge in [-0.1, -0.05) is 11.6 Å². The first-order valence-electron chi connectivity index (χ1n) is 6.04. The van der Waals surface area contributed by atoms with E-state index in [1.54, 1.807) is 37.4 Å². The Kier molecular flexibility index (Phi) is 4.69. The van der Waals surface area contributed by atoms with Crippen LogP contribution in [0.25, 0.3) is 0 Å². The highest BCUT2D eigenvalue weighted by atomic mass is 35.5. The third-order valence-electron chi connectivity index (χ3n) is 2.89. The number of rotatable bonds is 5. The summed E-state index contributed by atoms with van der Waals surface area (Å²) in [5.41, 5.74) is 1.22. The predicted octanol–water partition coefficient (Wildman–Crippen LogP) is 4.11. The number of ether oxygens (including phenoxy) is 2. The highest BCUT2D eigenvalue weighted by Gasteiger charge is 2.07. The fourth-order valence-corrected chi connectivity index (χ4v) is 2.04. The van der Waals surface area contributed by atoms with Gasteiger partial charge in [0, 0.05) is 23.2 Å². The van der Waals surface area contributed by atoms with Crippen molar-refractivity contribution in [3.63, 3.8) is 0 Å². The van der Waals surface area contributed by atoms with Crippen LogP contribution in [-0.2, 0) is 6.54 Å². The maximum absolute atomic E-state index is 13.7. The third kappa shape index (κ3) is 3.33. The van der Waals surface area contributed by atoms with E-state index in [-0.39, 0.29) is 5.82 Å². The topological polar surface area (TPSA) is 30.5 Å². The second-order valence-electron chi connectivity index (χ2n) is 4.16. The zero-order valence-corrected chi connectivity index (χ0v) is 12.0. The molecule has 0 heterocycles. The van der Waals surface area contributed by atoms with Crippen LogP contribution in [0.5, 0.6) is 11.5 Å². The fourth-order valence-electron chi connectivity index (χ4n) is 1.84. The van der Waals surface area contributed by atoms with Crippen molar-refractivity contribution >= 4 is 17.3 Å². The zero-order chi connectivity index (χ0) is 14.5. The molecular weight excluding hydrogens is 281 g/mol. The van der Waals surface area contributed by atoms with E-state index in [0.29, 0.717) is 28.8 Å². The standard InChI is InChI=1S/C15H15ClFNO2/c1-19-12-4-5-13(17)14(8-12)18-9-10-7-11(16)3-6-15(10)20-2/h3-8,18H,9H2,1-2H3. The molecule has 0 amide bonds. The second-order valence-corrected chi connectivity index (χ2v) is 4.59. The van der Waals surface area contributed by atoms with Gasteiger partial charge in [-0.25, -0.2) is 4.39 Å². The van der Waals surface area contributed by atoms with E-state index in [9.17, 15) is 4.39 Å². The van der Waals surface area contributed by atoms with Crippen LogP contribution in [0, 0.1) is 5.82 Å². The largest absolute Gasteiger partial charge is 0.497 e. The van der Waals surface area contributed by atoms with Crippen molar-refractivity contribution in [2.45, 2.75) is 6.54 Å². The van der Waals surface area contributed by atoms with Crippen molar-refractivity contribution in [3.8, 4) is 11.5 Å². The molecule has 2 rings (SSSR count). The summed E-state index contributed by atoms with van der Waals surface area (Å²) in [6.07, 6.45) is 0. The van der Waals surface area contributed by atoms with Crippen molar-refractivity contribution in [2.24, 2.45) is 0 Å². The van der Waals surface area contributed by atoms with Crippen LogP contribution in [0.15, 0.2) is 36.4 Å². The number of hydrogen-bond donors (Lipinski definition) is 1. The van der Waals surface area contributed by atoms with E-state index in [1.165, 1.54) is 13.2 Å². The third-order valence-corrected chi connectivity index (χ3v) is 3.12. The number of halogens is 2. The molecule has 0 aromatic heterocycles. The number of nitrogens with one attached hydrogen (secondary N) is 1. The van der Waals surface area contributed by atoms with Crippen molar-refractivity contribution in [3.05, 3.63) is 52.8 Å². The molecule has 0 aliphatic heterocycles. The molecule has 0 radical (unpaired) electrons. The average Bonchev–Trinajstić information content (AvgIpc) is 2.46. The lowest BCUT2D eigenvalue weighted by Crippen LogP contribution is -2.03. The van der Waals surface area contributed by atoms with Gasteiger partial charge in [0.1, 0.15) is 17.3 Å². The van der Waals surface area contributed by atoms with Crippen LogP contribution in [-0.4, -0.2) is 14.2 Å². The molecule has 2 aromatic carbocycles. The average molecular weight is 296 g/mol. The van der Waals surface area contributed by atoms with Crippen molar-refractivity contribution in [1.29, 1.82) is 0 Å². The minimum atomic E-state index is -0.341. The second kappa shape index (κ2) is 6.48. The number of benzene rings is 2. The van der Waals surface area contributed by atoms with E-state index in [2.05, 4.69) is 5.32 Å². The molecule has 0 aliphatic carbocycles. The number of anilines is 1. The fraction of sp³-hybridized carbons (Fsp3) is 0.200. The number of hydrogen-bond acceptors (Lipinski definition) is 3. The summed E-state index contributed by atoms with van der Waals surface area (Å²) >= 11 is 5.96. The van der Waals surface area contributed by atoms with Gasteiger partial charge in [0.25, 0.3) is 0 Å². The van der Waals surface area contributed by atoms with Gasteiger partial charge < -0.3 is 14.8 Å². The minimum absolute atomic E-state index is 0.341. The maximum Gasteiger partial charge on any atom is 0.146 e. The molecule has 0 saturated heterocycles. The molecule has 0 bridgehead atoms. The Morgan fingerprint density at radius 3 is 2.60 bits per heavy atom. The number of methoxy groups -OCH3 is 2. The minimum Gasteiger partial charge on any atom is -0.497 e. The smallest absolute Gasteiger partial charge is 0.146 e. The van der Waals surface area contributed by atoms with Crippen molar-refractivity contribution in [2.75, 3.05) is 19.5 Å². The first-order chi connectivity index (χ1) is 9.63. The van der Waals surface area contributed by atoms with Crippen LogP contribution < -0.4 is 14.8 Å². The summed E-state index contributed by atoms with van der Waals surface area (Å²) < 4.78 is 24.0. The lowest BCUT2D eigenvalue weighted by Gasteiger charge is -2.12. The van der Waals surface area contributed by atoms with Crippen LogP contribution in [0.3, 0.4) is 0 Å². The highest BCUT2D eigenvalue weighted by molar-refractivity contribution is 6.30. The van der Waals surface area contributed by atoms with Crippen LogP contribution in [0.4, 0.5) is 10.1 Å². The highest BCUT2D eigenvalue weighted by Crippen LogP contribution is 2.26. The van der Waals surface area contributed by atoms with Gasteiger partial charge in [0.05, 0.1) is 19.9 Å². The maximum atomic E-state index is 13.7. The van der Waals surface area contributed by atoms with Gasteiger partial charge in [-0.15, -0.1) is 0 Å². The molecule has 20 heavy (non-hydrogen) atoms. The molecule has 106 valence electrons. The van der Waals surface area contributed by atoms with Gasteiger partial charge in [0.15, 0.2) is 0 Å². The van der Waals surface area contributed by atoms with Gasteiger partial charge in [0.2, 0.25) is 0 Å². The van der Waals surface area contributed by atoms with Crippen molar-refractivity contribution in [1.82, 2.24) is 0 Å². The van der Waals surface area contributed by atoms with Crippen molar-refractivity contribution < 1.29 is 13.9 Å². The summed E-state index contributed by atoms with van der Waals surface area (Å²) in [5.74, 6) is 0.948. The van der Waals surface area contributed by atoms with E-state index in [4.69, 9.17) is 21.1 Å². The lowest BCUT2D eigenvalue weighted by atomic mass is 10.2. The molecular formula is C15H15ClFNO2. The normalized spacial score (nSPS) is 10.2. The Balaban J connectivity index is 2.18. The summed E-state index contributed by atoms with van der Waals surface area (Å²) in [6, 6.07) is 9.84. The van der Waals surface area contributed by atoms with E-state index < -0.39 is 0 Å². The summed E-state index contributed by atoms with van der Waals surface area (Å²) in [7, 11) is 3.12. The Morgan fingerprint density at radius 2 is 1.90 bits per heavy atom. The van der Waals surface area contributed by atoms with Gasteiger partial charge in [-0.2, -0.15) is 0 Å². The SMILES string of the molecule is COc1ccc(F)c(NCc2cc(Cl)ccc2OC)c1. The Labute approximate surface area is 122 Å². The molecule has 0 saturated carbocycles. The molecule has 1 N–H and O–H groups in total. The van der Waals surface area contributed by atoms with Crippen LogP contribution >= 0.6 is 11.6 Å². The van der Waals surface area contributed by atoms with E-state index in [1.807, 2.05) is 0 Å². The Bertz CT molecular complexity index is 604. The lowest BCUT2D eigenvalue weighted by molar-refractivity contribution is 0.410. The Hall–Kier alpha value is -1.94. The van der Waals surface area contributed by atoms with Crippen LogP contribution in [0.1, 0.15) is 5.56 Å². The first kappa shape index (κ1) is 14.5. The van der Waals surface area contributed by atoms with E-state index in [0.717, 1.165) is 5.56 Å². The molecule has 5 heteroatoms. The van der Waals surface area contributed by atoms with Gasteiger partial charge in [-0.3, -0.25) is 0 Å². The van der Waals surface area contributed by atoms with Gasteiger partial charge in [-0.05, 0) is 30.3 Å². The van der Waals surface area contributed by atoms with Crippen LogP contribution in [0.2, 0.25) is 5.02 Å². The van der Waals surface area contributed by atoms with Gasteiger partial charge >= 0.3 is 0 Å². The van der Waals surface area contributed by atoms with E-state index >= 15 is 0 Å². The zero-order valence-electron chi connectivity index (χ0n) is 11.2. The summed E-state index contributed by atoms with van der Waals surface area (Å²) in [5, 5.41) is 3.62. The monoisotopic (exact) mass is 295 g/mol. The molecule has 2 aromatic rings. The molecule has 0 unspecified atom stereocenters. The quantitative estimate of drug-likeness (QED) is 0.900. The first-order valence-corrected chi connectivity index (χ1v) is 6.41. The predicted molar refractivity (Wildman–Crippen MR) is 78.3 cm³/mol. The Morgan fingerprint density at radius 1 is 1.10 bits per heavy atom. The summed E-state index contributed by atoms with van der Waals surface area (Å²) in [6.45, 7) is 0.397. The molecule has 0 atom stereocenters. The molecule has 0 spiro atoms. The molecule has 3 nitrogen and oxygen atoms in total. The molecule has 0 aliphatic rings. The summed E-state index contributed by atoms with van der Waals surface area (Å²) in [4.78, 5) is 0. The molecule has 0 fully saturated rings.